The van der Waals surface area contributed by atoms with E-state index in [0.717, 1.165) is 24.3 Å². The summed E-state index contributed by atoms with van der Waals surface area (Å²) < 4.78 is 39.3. The van der Waals surface area contributed by atoms with Crippen molar-refractivity contribution in [2.75, 3.05) is 5.32 Å². The van der Waals surface area contributed by atoms with E-state index >= 15 is 0 Å². The molecule has 1 amide bonds. The van der Waals surface area contributed by atoms with Gasteiger partial charge >= 0.3 is 6.18 Å². The first-order valence-electron chi connectivity index (χ1n) is 7.11. The molecular formula is C17H11ClF3N3O. The molecule has 1 N–H and O–H groups in total. The zero-order valence-corrected chi connectivity index (χ0v) is 13.3. The Hall–Kier alpha value is -2.80. The Balaban J connectivity index is 1.76. The first-order chi connectivity index (χ1) is 11.8. The Morgan fingerprint density at radius 3 is 2.40 bits per heavy atom. The molecule has 0 bridgehead atoms. The number of hydrogen-bond donors (Lipinski definition) is 1. The van der Waals surface area contributed by atoms with Gasteiger partial charge in [-0.3, -0.25) is 4.79 Å². The predicted molar refractivity (Wildman–Crippen MR) is 88.0 cm³/mol. The van der Waals surface area contributed by atoms with E-state index in [1.54, 1.807) is 41.5 Å². The second-order valence-electron chi connectivity index (χ2n) is 5.17. The molecule has 0 aliphatic carbocycles. The third kappa shape index (κ3) is 3.83. The molecule has 4 nitrogen and oxygen atoms in total. The topological polar surface area (TPSA) is 46.9 Å². The average Bonchev–Trinajstić information content (AvgIpc) is 3.08. The van der Waals surface area contributed by atoms with Gasteiger partial charge < -0.3 is 9.88 Å². The molecule has 0 spiro atoms. The van der Waals surface area contributed by atoms with Gasteiger partial charge in [-0.2, -0.15) is 13.2 Å². The van der Waals surface area contributed by atoms with Crippen molar-refractivity contribution in [3.05, 3.63) is 77.3 Å². The summed E-state index contributed by atoms with van der Waals surface area (Å²) in [4.78, 5) is 16.1. The standard InChI is InChI=1S/C17H11ClF3N3O/c18-14-9-13(5-6-15(14)24-8-7-22-10-24)23-16(25)11-1-3-12(4-2-11)17(19,20)21/h1-10H,(H,23,25). The highest BCUT2D eigenvalue weighted by Crippen LogP contribution is 2.29. The molecule has 0 saturated carbocycles. The van der Waals surface area contributed by atoms with Gasteiger partial charge in [0.1, 0.15) is 0 Å². The summed E-state index contributed by atoms with van der Waals surface area (Å²) in [6, 6.07) is 8.88. The van der Waals surface area contributed by atoms with Crippen LogP contribution in [0.15, 0.2) is 61.2 Å². The van der Waals surface area contributed by atoms with E-state index in [1.807, 2.05) is 0 Å². The van der Waals surface area contributed by atoms with Gasteiger partial charge in [0.15, 0.2) is 0 Å². The van der Waals surface area contributed by atoms with Crippen molar-refractivity contribution in [3.63, 3.8) is 0 Å². The van der Waals surface area contributed by atoms with E-state index in [1.165, 1.54) is 0 Å². The number of alkyl halides is 3. The van der Waals surface area contributed by atoms with Crippen molar-refractivity contribution in [2.24, 2.45) is 0 Å². The summed E-state index contributed by atoms with van der Waals surface area (Å²) in [5, 5.41) is 2.99. The minimum absolute atomic E-state index is 0.114. The Kier molecular flexibility index (Phi) is 4.50. The molecule has 1 aromatic heterocycles. The van der Waals surface area contributed by atoms with Crippen molar-refractivity contribution in [2.45, 2.75) is 6.18 Å². The van der Waals surface area contributed by atoms with Gasteiger partial charge in [-0.1, -0.05) is 11.6 Å². The molecular weight excluding hydrogens is 355 g/mol. The van der Waals surface area contributed by atoms with Gasteiger partial charge in [0, 0.05) is 23.6 Å². The van der Waals surface area contributed by atoms with Crippen molar-refractivity contribution < 1.29 is 18.0 Å². The van der Waals surface area contributed by atoms with Crippen LogP contribution in [0.3, 0.4) is 0 Å². The number of halogens is 4. The van der Waals surface area contributed by atoms with Crippen LogP contribution in [0.1, 0.15) is 15.9 Å². The smallest absolute Gasteiger partial charge is 0.322 e. The predicted octanol–water partition coefficient (Wildman–Crippen LogP) is 4.80. The lowest BCUT2D eigenvalue weighted by molar-refractivity contribution is -0.137. The Labute approximate surface area is 145 Å². The summed E-state index contributed by atoms with van der Waals surface area (Å²) in [5.74, 6) is -0.528. The highest BCUT2D eigenvalue weighted by molar-refractivity contribution is 6.32. The monoisotopic (exact) mass is 365 g/mol. The lowest BCUT2D eigenvalue weighted by Crippen LogP contribution is -2.13. The quantitative estimate of drug-likeness (QED) is 0.725. The summed E-state index contributed by atoms with van der Waals surface area (Å²) in [6.45, 7) is 0. The second-order valence-corrected chi connectivity index (χ2v) is 5.57. The maximum Gasteiger partial charge on any atom is 0.416 e. The number of hydrogen-bond acceptors (Lipinski definition) is 2. The number of carbonyl (C=O) groups is 1. The van der Waals surface area contributed by atoms with E-state index in [0.29, 0.717) is 16.4 Å². The third-order valence-electron chi connectivity index (χ3n) is 3.46. The minimum Gasteiger partial charge on any atom is -0.322 e. The summed E-state index contributed by atoms with van der Waals surface area (Å²) in [7, 11) is 0. The van der Waals surface area contributed by atoms with Crippen LogP contribution in [0.5, 0.6) is 0 Å². The number of amides is 1. The van der Waals surface area contributed by atoms with E-state index in [9.17, 15) is 18.0 Å². The van der Waals surface area contributed by atoms with Crippen LogP contribution in [-0.2, 0) is 6.18 Å². The molecule has 25 heavy (non-hydrogen) atoms. The number of imidazole rings is 1. The van der Waals surface area contributed by atoms with Gasteiger partial charge in [0.25, 0.3) is 5.91 Å². The second kappa shape index (κ2) is 6.60. The number of carbonyl (C=O) groups excluding carboxylic acids is 1. The zero-order valence-electron chi connectivity index (χ0n) is 12.6. The fourth-order valence-electron chi connectivity index (χ4n) is 2.21. The van der Waals surface area contributed by atoms with E-state index in [-0.39, 0.29) is 5.56 Å². The molecule has 128 valence electrons. The summed E-state index contributed by atoms with van der Waals surface area (Å²) in [6.07, 6.45) is 0.478. The molecule has 0 aliphatic rings. The number of rotatable bonds is 3. The van der Waals surface area contributed by atoms with Crippen LogP contribution in [0.4, 0.5) is 18.9 Å². The Bertz CT molecular complexity index is 891. The van der Waals surface area contributed by atoms with E-state index < -0.39 is 17.6 Å². The number of nitrogens with zero attached hydrogens (tertiary/aromatic N) is 2. The molecule has 2 aromatic carbocycles. The molecule has 8 heteroatoms. The Morgan fingerprint density at radius 2 is 1.84 bits per heavy atom. The average molecular weight is 366 g/mol. The third-order valence-corrected chi connectivity index (χ3v) is 3.77. The summed E-state index contributed by atoms with van der Waals surface area (Å²) in [5.41, 5.74) is 0.421. The first kappa shape index (κ1) is 17.0. The molecule has 0 atom stereocenters. The van der Waals surface area contributed by atoms with E-state index in [2.05, 4.69) is 10.3 Å². The number of benzene rings is 2. The molecule has 0 aliphatic heterocycles. The SMILES string of the molecule is O=C(Nc1ccc(-n2ccnc2)c(Cl)c1)c1ccc(C(F)(F)F)cc1. The molecule has 3 aromatic rings. The highest BCUT2D eigenvalue weighted by Gasteiger charge is 2.30. The van der Waals surface area contributed by atoms with Crippen LogP contribution < -0.4 is 5.32 Å². The van der Waals surface area contributed by atoms with Crippen molar-refractivity contribution >= 4 is 23.2 Å². The van der Waals surface area contributed by atoms with Gasteiger partial charge in [0.05, 0.1) is 22.6 Å². The van der Waals surface area contributed by atoms with Crippen LogP contribution in [0.2, 0.25) is 5.02 Å². The maximum absolute atomic E-state index is 12.5. The minimum atomic E-state index is -4.44. The number of anilines is 1. The molecule has 0 fully saturated rings. The molecule has 0 unspecified atom stereocenters. The summed E-state index contributed by atoms with van der Waals surface area (Å²) >= 11 is 6.20. The largest absolute Gasteiger partial charge is 0.416 e. The number of aromatic nitrogens is 2. The highest BCUT2D eigenvalue weighted by atomic mass is 35.5. The van der Waals surface area contributed by atoms with Crippen LogP contribution in [0, 0.1) is 0 Å². The normalized spacial score (nSPS) is 11.4. The zero-order chi connectivity index (χ0) is 18.0. The van der Waals surface area contributed by atoms with Gasteiger partial charge in [-0.15, -0.1) is 0 Å². The lowest BCUT2D eigenvalue weighted by atomic mass is 10.1. The molecule has 0 saturated heterocycles. The van der Waals surface area contributed by atoms with Crippen LogP contribution >= 0.6 is 11.6 Å². The van der Waals surface area contributed by atoms with Gasteiger partial charge in [-0.05, 0) is 42.5 Å². The first-order valence-corrected chi connectivity index (χ1v) is 7.49. The lowest BCUT2D eigenvalue weighted by Gasteiger charge is -2.10. The van der Waals surface area contributed by atoms with Crippen molar-refractivity contribution in [1.82, 2.24) is 9.55 Å². The molecule has 0 radical (unpaired) electrons. The fraction of sp³-hybridized carbons (Fsp3) is 0.0588. The van der Waals surface area contributed by atoms with Gasteiger partial charge in [0.2, 0.25) is 0 Å². The van der Waals surface area contributed by atoms with Crippen molar-refractivity contribution in [3.8, 4) is 5.69 Å². The van der Waals surface area contributed by atoms with Crippen molar-refractivity contribution in [1.29, 1.82) is 0 Å². The Morgan fingerprint density at radius 1 is 1.12 bits per heavy atom. The van der Waals surface area contributed by atoms with Crippen LogP contribution in [-0.4, -0.2) is 15.5 Å². The fourth-order valence-corrected chi connectivity index (χ4v) is 2.49. The maximum atomic E-state index is 12.5. The number of nitrogens with one attached hydrogen (secondary N) is 1. The molecule has 1 heterocycles. The molecule has 3 rings (SSSR count). The van der Waals surface area contributed by atoms with Crippen LogP contribution in [0.25, 0.3) is 5.69 Å². The van der Waals surface area contributed by atoms with Gasteiger partial charge in [-0.25, -0.2) is 4.98 Å². The van der Waals surface area contributed by atoms with E-state index in [4.69, 9.17) is 11.6 Å².